The summed E-state index contributed by atoms with van der Waals surface area (Å²) in [7, 11) is 0. The van der Waals surface area contributed by atoms with Gasteiger partial charge >= 0.3 is 0 Å². The van der Waals surface area contributed by atoms with Crippen LogP contribution >= 0.6 is 34.4 Å². The first-order valence-electron chi connectivity index (χ1n) is 4.23. The van der Waals surface area contributed by atoms with Crippen LogP contribution in [0.3, 0.4) is 0 Å². The monoisotopic (exact) mass is 290 g/mol. The van der Waals surface area contributed by atoms with Crippen molar-refractivity contribution >= 4 is 34.4 Å². The summed E-state index contributed by atoms with van der Waals surface area (Å²) in [5.41, 5.74) is 0. The Morgan fingerprint density at radius 2 is 2.25 bits per heavy atom. The molecule has 0 nitrogen and oxygen atoms in total. The average molecular weight is 290 g/mol. The minimum atomic E-state index is 1.02. The number of hydrogen-bond donors (Lipinski definition) is 0. The van der Waals surface area contributed by atoms with Gasteiger partial charge < -0.3 is 0 Å². The van der Waals surface area contributed by atoms with Crippen LogP contribution in [0, 0.1) is 9.49 Å². The molecule has 64 valence electrons. The van der Waals surface area contributed by atoms with E-state index in [0.29, 0.717) is 0 Å². The fraction of sp³-hybridized carbons (Fsp3) is 0.400. The number of benzene rings is 1. The van der Waals surface area contributed by atoms with Crippen LogP contribution in [-0.2, 0) is 0 Å². The summed E-state index contributed by atoms with van der Waals surface area (Å²) in [5, 5.41) is 0. The van der Waals surface area contributed by atoms with E-state index in [9.17, 15) is 0 Å². The zero-order valence-electron chi connectivity index (χ0n) is 6.79. The zero-order valence-corrected chi connectivity index (χ0v) is 9.77. The summed E-state index contributed by atoms with van der Waals surface area (Å²) in [6.45, 7) is 0. The van der Waals surface area contributed by atoms with E-state index in [1.165, 1.54) is 27.1 Å². The van der Waals surface area contributed by atoms with E-state index < -0.39 is 0 Å². The molecule has 1 aliphatic rings. The lowest BCUT2D eigenvalue weighted by atomic mass is 10.4. The third-order valence-electron chi connectivity index (χ3n) is 1.98. The lowest BCUT2D eigenvalue weighted by molar-refractivity contribution is 1.000. The minimum Gasteiger partial charge on any atom is -0.126 e. The highest BCUT2D eigenvalue weighted by molar-refractivity contribution is 14.1. The lowest BCUT2D eigenvalue weighted by Crippen LogP contribution is -1.80. The van der Waals surface area contributed by atoms with E-state index in [1.54, 1.807) is 0 Å². The fourth-order valence-corrected chi connectivity index (χ4v) is 2.96. The molecule has 0 spiro atoms. The summed E-state index contributed by atoms with van der Waals surface area (Å²) in [6, 6.07) is 8.74. The van der Waals surface area contributed by atoms with Crippen molar-refractivity contribution in [3.63, 3.8) is 0 Å². The molecule has 0 heterocycles. The smallest absolute Gasteiger partial charge is 0.0141 e. The van der Waals surface area contributed by atoms with Crippen molar-refractivity contribution in [1.82, 2.24) is 0 Å². The Balaban J connectivity index is 1.92. The van der Waals surface area contributed by atoms with Gasteiger partial charge in [0.25, 0.3) is 0 Å². The molecule has 0 atom stereocenters. The maximum atomic E-state index is 2.36. The minimum absolute atomic E-state index is 1.02. The van der Waals surface area contributed by atoms with Crippen LogP contribution in [0.5, 0.6) is 0 Å². The van der Waals surface area contributed by atoms with E-state index in [4.69, 9.17) is 0 Å². The van der Waals surface area contributed by atoms with Crippen LogP contribution in [0.1, 0.15) is 12.8 Å². The van der Waals surface area contributed by atoms with Gasteiger partial charge in [0.1, 0.15) is 0 Å². The van der Waals surface area contributed by atoms with Crippen molar-refractivity contribution in [3.05, 3.63) is 27.8 Å². The van der Waals surface area contributed by atoms with E-state index >= 15 is 0 Å². The van der Waals surface area contributed by atoms with Crippen LogP contribution in [0.25, 0.3) is 0 Å². The molecule has 2 heteroatoms. The van der Waals surface area contributed by atoms with Gasteiger partial charge in [0, 0.05) is 14.2 Å². The predicted octanol–water partition coefficient (Wildman–Crippen LogP) is 3.79. The highest BCUT2D eigenvalue weighted by atomic mass is 127. The molecule has 0 N–H and O–H groups in total. The Hall–Kier alpha value is 0.300. The van der Waals surface area contributed by atoms with Gasteiger partial charge in [0.15, 0.2) is 0 Å². The Labute approximate surface area is 91.3 Å². The van der Waals surface area contributed by atoms with Gasteiger partial charge in [-0.05, 0) is 59.5 Å². The standard InChI is InChI=1S/C10H11IS/c11-9-2-1-3-10(6-9)12-7-8-4-5-8/h1-3,6,8H,4-5,7H2. The maximum Gasteiger partial charge on any atom is 0.0141 e. The highest BCUT2D eigenvalue weighted by Crippen LogP contribution is 2.35. The van der Waals surface area contributed by atoms with Crippen molar-refractivity contribution in [1.29, 1.82) is 0 Å². The Morgan fingerprint density at radius 1 is 1.42 bits per heavy atom. The average Bonchev–Trinajstić information content (AvgIpc) is 2.84. The molecule has 0 unspecified atom stereocenters. The van der Waals surface area contributed by atoms with Crippen LogP contribution in [-0.4, -0.2) is 5.75 Å². The van der Waals surface area contributed by atoms with Gasteiger partial charge in [-0.15, -0.1) is 11.8 Å². The van der Waals surface area contributed by atoms with Gasteiger partial charge in [-0.2, -0.15) is 0 Å². The van der Waals surface area contributed by atoms with Crippen molar-refractivity contribution in [3.8, 4) is 0 Å². The first kappa shape index (κ1) is 8.88. The van der Waals surface area contributed by atoms with Gasteiger partial charge in [-0.3, -0.25) is 0 Å². The first-order valence-corrected chi connectivity index (χ1v) is 6.29. The van der Waals surface area contributed by atoms with E-state index in [2.05, 4.69) is 46.9 Å². The molecule has 12 heavy (non-hydrogen) atoms. The molecule has 0 saturated heterocycles. The lowest BCUT2D eigenvalue weighted by Gasteiger charge is -1.99. The highest BCUT2D eigenvalue weighted by Gasteiger charge is 2.20. The third-order valence-corrected chi connectivity index (χ3v) is 3.88. The molecule has 0 bridgehead atoms. The molecule has 2 rings (SSSR count). The van der Waals surface area contributed by atoms with Crippen molar-refractivity contribution in [2.24, 2.45) is 5.92 Å². The van der Waals surface area contributed by atoms with E-state index in [-0.39, 0.29) is 0 Å². The van der Waals surface area contributed by atoms with E-state index in [1.807, 2.05) is 11.8 Å². The number of halogens is 1. The molecule has 1 saturated carbocycles. The normalized spacial score (nSPS) is 16.4. The molecular weight excluding hydrogens is 279 g/mol. The predicted molar refractivity (Wildman–Crippen MR) is 62.6 cm³/mol. The second kappa shape index (κ2) is 4.01. The first-order chi connectivity index (χ1) is 5.84. The summed E-state index contributed by atoms with van der Waals surface area (Å²) in [5.74, 6) is 2.34. The maximum absolute atomic E-state index is 2.36. The van der Waals surface area contributed by atoms with Crippen LogP contribution < -0.4 is 0 Å². The van der Waals surface area contributed by atoms with Crippen LogP contribution in [0.15, 0.2) is 29.2 Å². The zero-order chi connectivity index (χ0) is 8.39. The number of thioether (sulfide) groups is 1. The largest absolute Gasteiger partial charge is 0.126 e. The molecular formula is C10H11IS. The Morgan fingerprint density at radius 3 is 2.92 bits per heavy atom. The van der Waals surface area contributed by atoms with Gasteiger partial charge in [-0.25, -0.2) is 0 Å². The van der Waals surface area contributed by atoms with Crippen molar-refractivity contribution in [2.75, 3.05) is 5.75 Å². The summed E-state index contributed by atoms with van der Waals surface area (Å²) < 4.78 is 1.34. The van der Waals surface area contributed by atoms with Crippen LogP contribution in [0.2, 0.25) is 0 Å². The molecule has 1 aromatic rings. The Kier molecular flexibility index (Phi) is 2.96. The molecule has 0 amide bonds. The molecule has 1 aromatic carbocycles. The fourth-order valence-electron chi connectivity index (χ4n) is 1.06. The summed E-state index contributed by atoms with van der Waals surface area (Å²) in [6.07, 6.45) is 2.91. The van der Waals surface area contributed by atoms with Crippen LogP contribution in [0.4, 0.5) is 0 Å². The van der Waals surface area contributed by atoms with Crippen molar-refractivity contribution < 1.29 is 0 Å². The number of hydrogen-bond acceptors (Lipinski definition) is 1. The molecule has 0 aliphatic heterocycles. The second-order valence-corrected chi connectivity index (χ2v) is 5.55. The summed E-state index contributed by atoms with van der Waals surface area (Å²) in [4.78, 5) is 1.42. The topological polar surface area (TPSA) is 0 Å². The third kappa shape index (κ3) is 2.66. The van der Waals surface area contributed by atoms with E-state index in [0.717, 1.165) is 5.92 Å². The molecule has 1 fully saturated rings. The molecule has 1 aliphatic carbocycles. The van der Waals surface area contributed by atoms with Crippen molar-refractivity contribution in [2.45, 2.75) is 17.7 Å². The summed E-state index contributed by atoms with van der Waals surface area (Å²) >= 11 is 4.37. The number of rotatable bonds is 3. The Bertz CT molecular complexity index is 268. The van der Waals surface area contributed by atoms with Gasteiger partial charge in [0.2, 0.25) is 0 Å². The molecule has 0 radical (unpaired) electrons. The SMILES string of the molecule is Ic1cccc(SCC2CC2)c1. The quantitative estimate of drug-likeness (QED) is 0.603. The second-order valence-electron chi connectivity index (χ2n) is 3.21. The molecule has 0 aromatic heterocycles. The van der Waals surface area contributed by atoms with Gasteiger partial charge in [-0.1, -0.05) is 6.07 Å². The van der Waals surface area contributed by atoms with Gasteiger partial charge in [0.05, 0.1) is 0 Å².